The first-order chi connectivity index (χ1) is 8.72. The highest BCUT2D eigenvalue weighted by molar-refractivity contribution is 5.55. The summed E-state index contributed by atoms with van der Waals surface area (Å²) in [5, 5.41) is 3.52. The van der Waals surface area contributed by atoms with Crippen LogP contribution in [-0.2, 0) is 6.54 Å². The predicted molar refractivity (Wildman–Crippen MR) is 79.2 cm³/mol. The maximum absolute atomic E-state index is 3.52. The van der Waals surface area contributed by atoms with E-state index in [1.54, 1.807) is 0 Å². The summed E-state index contributed by atoms with van der Waals surface area (Å²) in [5.74, 6) is 0. The minimum absolute atomic E-state index is 0.762. The fourth-order valence-electron chi connectivity index (χ4n) is 2.57. The van der Waals surface area contributed by atoms with Crippen molar-refractivity contribution in [2.24, 2.45) is 0 Å². The minimum atomic E-state index is 0.762. The molecule has 0 aliphatic heterocycles. The summed E-state index contributed by atoms with van der Waals surface area (Å²) < 4.78 is 0. The molecule has 1 aromatic rings. The van der Waals surface area contributed by atoms with Gasteiger partial charge < -0.3 is 10.2 Å². The van der Waals surface area contributed by atoms with E-state index in [2.05, 4.69) is 49.3 Å². The van der Waals surface area contributed by atoms with E-state index in [1.807, 2.05) is 0 Å². The van der Waals surface area contributed by atoms with Crippen molar-refractivity contribution >= 4 is 5.69 Å². The first-order valence-electron chi connectivity index (χ1n) is 7.25. The molecule has 1 N–H and O–H groups in total. The molecule has 2 nitrogen and oxygen atoms in total. The highest BCUT2D eigenvalue weighted by Crippen LogP contribution is 2.30. The highest BCUT2D eigenvalue weighted by Gasteiger charge is 2.23. The minimum Gasteiger partial charge on any atom is -0.371 e. The molecule has 0 atom stereocenters. The van der Waals surface area contributed by atoms with Crippen LogP contribution in [0.4, 0.5) is 5.69 Å². The summed E-state index contributed by atoms with van der Waals surface area (Å²) in [6.07, 6.45) is 5.29. The topological polar surface area (TPSA) is 15.3 Å². The zero-order valence-corrected chi connectivity index (χ0v) is 12.0. The maximum atomic E-state index is 3.52. The number of nitrogens with one attached hydrogen (secondary N) is 1. The van der Waals surface area contributed by atoms with Crippen molar-refractivity contribution in [3.8, 4) is 0 Å². The Bertz CT molecular complexity index is 383. The first-order valence-corrected chi connectivity index (χ1v) is 7.25. The number of nitrogens with zero attached hydrogens (tertiary/aromatic N) is 1. The Balaban J connectivity index is 2.11. The first kappa shape index (κ1) is 13.4. The SMILES string of the molecule is CCCNCc1cc(C)ccc1N(C)C1CCC1. The van der Waals surface area contributed by atoms with E-state index < -0.39 is 0 Å². The average Bonchev–Trinajstić information content (AvgIpc) is 2.27. The van der Waals surface area contributed by atoms with Crippen molar-refractivity contribution < 1.29 is 0 Å². The Hall–Kier alpha value is -1.02. The molecule has 0 spiro atoms. The van der Waals surface area contributed by atoms with E-state index >= 15 is 0 Å². The third kappa shape index (κ3) is 3.05. The molecule has 0 saturated heterocycles. The van der Waals surface area contributed by atoms with E-state index in [4.69, 9.17) is 0 Å². The zero-order chi connectivity index (χ0) is 13.0. The van der Waals surface area contributed by atoms with Crippen molar-refractivity contribution in [2.45, 2.75) is 52.1 Å². The van der Waals surface area contributed by atoms with Crippen LogP contribution in [0.5, 0.6) is 0 Å². The lowest BCUT2D eigenvalue weighted by Gasteiger charge is -2.37. The van der Waals surface area contributed by atoms with Gasteiger partial charge in [-0.3, -0.25) is 0 Å². The highest BCUT2D eigenvalue weighted by atomic mass is 15.1. The number of rotatable bonds is 6. The molecule has 18 heavy (non-hydrogen) atoms. The van der Waals surface area contributed by atoms with Gasteiger partial charge in [0.25, 0.3) is 0 Å². The molecule has 1 aliphatic carbocycles. The van der Waals surface area contributed by atoms with Gasteiger partial charge in [-0.05, 0) is 50.8 Å². The Morgan fingerprint density at radius 1 is 1.33 bits per heavy atom. The Morgan fingerprint density at radius 2 is 2.11 bits per heavy atom. The van der Waals surface area contributed by atoms with Gasteiger partial charge in [-0.25, -0.2) is 0 Å². The van der Waals surface area contributed by atoms with E-state index in [0.717, 1.165) is 19.1 Å². The van der Waals surface area contributed by atoms with Crippen LogP contribution in [0.2, 0.25) is 0 Å². The van der Waals surface area contributed by atoms with Crippen LogP contribution in [-0.4, -0.2) is 19.6 Å². The van der Waals surface area contributed by atoms with Crippen LogP contribution in [0.3, 0.4) is 0 Å². The fraction of sp³-hybridized carbons (Fsp3) is 0.625. The number of aryl methyl sites for hydroxylation is 1. The number of anilines is 1. The van der Waals surface area contributed by atoms with Crippen LogP contribution in [0.1, 0.15) is 43.7 Å². The molecule has 2 heteroatoms. The molecule has 0 heterocycles. The molecule has 0 aromatic heterocycles. The second-order valence-electron chi connectivity index (χ2n) is 5.50. The van der Waals surface area contributed by atoms with Gasteiger partial charge in [0.05, 0.1) is 0 Å². The Labute approximate surface area is 111 Å². The molecule has 1 fully saturated rings. The Kier molecular flexibility index (Phi) is 4.65. The van der Waals surface area contributed by atoms with Crippen LogP contribution >= 0.6 is 0 Å². The monoisotopic (exact) mass is 246 g/mol. The second kappa shape index (κ2) is 6.24. The van der Waals surface area contributed by atoms with Crippen LogP contribution in [0.15, 0.2) is 18.2 Å². The normalized spacial score (nSPS) is 15.5. The van der Waals surface area contributed by atoms with Crippen molar-refractivity contribution in [1.29, 1.82) is 0 Å². The van der Waals surface area contributed by atoms with Gasteiger partial charge >= 0.3 is 0 Å². The Morgan fingerprint density at radius 3 is 2.72 bits per heavy atom. The van der Waals surface area contributed by atoms with Gasteiger partial charge in [0.1, 0.15) is 0 Å². The third-order valence-corrected chi connectivity index (χ3v) is 3.98. The van der Waals surface area contributed by atoms with E-state index in [-0.39, 0.29) is 0 Å². The van der Waals surface area contributed by atoms with Crippen LogP contribution < -0.4 is 10.2 Å². The molecule has 0 unspecified atom stereocenters. The molecular weight excluding hydrogens is 220 g/mol. The number of hydrogen-bond acceptors (Lipinski definition) is 2. The standard InChI is InChI=1S/C16H26N2/c1-4-10-17-12-14-11-13(2)8-9-16(14)18(3)15-6-5-7-15/h8-9,11,15,17H,4-7,10,12H2,1-3H3. The van der Waals surface area contributed by atoms with Gasteiger partial charge in [-0.1, -0.05) is 24.6 Å². The predicted octanol–water partition coefficient (Wildman–Crippen LogP) is 3.48. The van der Waals surface area contributed by atoms with Crippen molar-refractivity contribution in [1.82, 2.24) is 5.32 Å². The van der Waals surface area contributed by atoms with Gasteiger partial charge in [0, 0.05) is 25.3 Å². The molecule has 100 valence electrons. The molecular formula is C16H26N2. The maximum Gasteiger partial charge on any atom is 0.0411 e. The lowest BCUT2D eigenvalue weighted by Crippen LogP contribution is -2.37. The summed E-state index contributed by atoms with van der Waals surface area (Å²) in [6.45, 7) is 6.48. The summed E-state index contributed by atoms with van der Waals surface area (Å²) in [5.41, 5.74) is 4.21. The van der Waals surface area contributed by atoms with Crippen molar-refractivity contribution in [3.05, 3.63) is 29.3 Å². The van der Waals surface area contributed by atoms with Gasteiger partial charge in [0.2, 0.25) is 0 Å². The van der Waals surface area contributed by atoms with Crippen LogP contribution in [0.25, 0.3) is 0 Å². The van der Waals surface area contributed by atoms with Crippen molar-refractivity contribution in [3.63, 3.8) is 0 Å². The average molecular weight is 246 g/mol. The molecule has 1 aromatic carbocycles. The summed E-state index contributed by atoms with van der Waals surface area (Å²) in [4.78, 5) is 2.48. The molecule has 2 rings (SSSR count). The van der Waals surface area contributed by atoms with Crippen LogP contribution in [0, 0.1) is 6.92 Å². The second-order valence-corrected chi connectivity index (χ2v) is 5.50. The van der Waals surface area contributed by atoms with Gasteiger partial charge in [0.15, 0.2) is 0 Å². The summed E-state index contributed by atoms with van der Waals surface area (Å²) in [7, 11) is 2.25. The number of benzene rings is 1. The smallest absolute Gasteiger partial charge is 0.0411 e. The van der Waals surface area contributed by atoms with E-state index in [1.165, 1.54) is 42.5 Å². The summed E-state index contributed by atoms with van der Waals surface area (Å²) >= 11 is 0. The van der Waals surface area contributed by atoms with E-state index in [0.29, 0.717) is 0 Å². The van der Waals surface area contributed by atoms with E-state index in [9.17, 15) is 0 Å². The molecule has 0 amide bonds. The summed E-state index contributed by atoms with van der Waals surface area (Å²) in [6, 6.07) is 7.61. The van der Waals surface area contributed by atoms with Gasteiger partial charge in [-0.2, -0.15) is 0 Å². The molecule has 0 bridgehead atoms. The fourth-order valence-corrected chi connectivity index (χ4v) is 2.57. The molecule has 1 saturated carbocycles. The lowest BCUT2D eigenvalue weighted by atomic mass is 9.91. The largest absolute Gasteiger partial charge is 0.371 e. The number of hydrogen-bond donors (Lipinski definition) is 1. The quantitative estimate of drug-likeness (QED) is 0.773. The van der Waals surface area contributed by atoms with Crippen molar-refractivity contribution in [2.75, 3.05) is 18.5 Å². The lowest BCUT2D eigenvalue weighted by molar-refractivity contribution is 0.400. The van der Waals surface area contributed by atoms with Gasteiger partial charge in [-0.15, -0.1) is 0 Å². The molecule has 1 aliphatic rings. The molecule has 0 radical (unpaired) electrons. The zero-order valence-electron chi connectivity index (χ0n) is 12.0. The third-order valence-electron chi connectivity index (χ3n) is 3.98.